The molecule has 9 heteroatoms. The molecule has 2 aliphatic heterocycles. The lowest BCUT2D eigenvalue weighted by atomic mass is 9.97. The lowest BCUT2D eigenvalue weighted by Gasteiger charge is -2.31. The average molecular weight is 464 g/mol. The van der Waals surface area contributed by atoms with Crippen LogP contribution in [0.3, 0.4) is 0 Å². The number of piperidine rings is 1. The SMILES string of the molecule is CCOc1cnc(-c2noc(C3CCN(CCN4Cc5ccccc5C4=O)CC3)n2)cc1OC. The van der Waals surface area contributed by atoms with Crippen molar-refractivity contribution >= 4 is 5.91 Å². The first-order valence-corrected chi connectivity index (χ1v) is 11.8. The molecule has 2 aromatic heterocycles. The van der Waals surface area contributed by atoms with Crippen molar-refractivity contribution in [2.24, 2.45) is 0 Å². The summed E-state index contributed by atoms with van der Waals surface area (Å²) in [6.45, 7) is 6.64. The second-order valence-electron chi connectivity index (χ2n) is 8.61. The second-order valence-corrected chi connectivity index (χ2v) is 8.61. The van der Waals surface area contributed by atoms with Crippen molar-refractivity contribution in [1.29, 1.82) is 0 Å². The third-order valence-corrected chi connectivity index (χ3v) is 6.54. The van der Waals surface area contributed by atoms with Gasteiger partial charge in [0.15, 0.2) is 11.5 Å². The molecule has 34 heavy (non-hydrogen) atoms. The summed E-state index contributed by atoms with van der Waals surface area (Å²) in [5.74, 6) is 2.64. The maximum Gasteiger partial charge on any atom is 0.254 e. The zero-order valence-corrected chi connectivity index (χ0v) is 19.6. The number of ether oxygens (including phenoxy) is 2. The summed E-state index contributed by atoms with van der Waals surface area (Å²) in [4.78, 5) is 25.9. The molecule has 1 aromatic carbocycles. The van der Waals surface area contributed by atoms with Gasteiger partial charge in [-0.3, -0.25) is 4.79 Å². The van der Waals surface area contributed by atoms with Gasteiger partial charge in [0.05, 0.1) is 19.9 Å². The van der Waals surface area contributed by atoms with Gasteiger partial charge in [0.25, 0.3) is 5.91 Å². The summed E-state index contributed by atoms with van der Waals surface area (Å²) in [7, 11) is 1.59. The Bertz CT molecular complexity index is 1160. The van der Waals surface area contributed by atoms with E-state index < -0.39 is 0 Å². The van der Waals surface area contributed by atoms with Crippen LogP contribution in [-0.2, 0) is 6.54 Å². The van der Waals surface area contributed by atoms with Gasteiger partial charge >= 0.3 is 0 Å². The molecule has 3 aromatic rings. The minimum Gasteiger partial charge on any atom is -0.493 e. The third-order valence-electron chi connectivity index (χ3n) is 6.54. The van der Waals surface area contributed by atoms with Crippen LogP contribution in [0.5, 0.6) is 11.5 Å². The molecule has 1 saturated heterocycles. The first-order chi connectivity index (χ1) is 16.7. The molecule has 9 nitrogen and oxygen atoms in total. The van der Waals surface area contributed by atoms with Gasteiger partial charge in [-0.25, -0.2) is 4.98 Å². The van der Waals surface area contributed by atoms with Crippen molar-refractivity contribution in [3.8, 4) is 23.0 Å². The van der Waals surface area contributed by atoms with E-state index in [4.69, 9.17) is 14.0 Å². The van der Waals surface area contributed by atoms with Gasteiger partial charge in [-0.1, -0.05) is 23.4 Å². The molecule has 5 rings (SSSR count). The maximum atomic E-state index is 12.6. The van der Waals surface area contributed by atoms with E-state index in [1.165, 1.54) is 0 Å². The Morgan fingerprint density at radius 3 is 2.74 bits per heavy atom. The van der Waals surface area contributed by atoms with Crippen molar-refractivity contribution in [1.82, 2.24) is 24.9 Å². The van der Waals surface area contributed by atoms with E-state index >= 15 is 0 Å². The Hall–Kier alpha value is -3.46. The van der Waals surface area contributed by atoms with Crippen LogP contribution in [0.4, 0.5) is 0 Å². The van der Waals surface area contributed by atoms with Gasteiger partial charge < -0.3 is 23.8 Å². The molecular weight excluding hydrogens is 434 g/mol. The van der Waals surface area contributed by atoms with E-state index in [2.05, 4.69) is 20.0 Å². The Morgan fingerprint density at radius 2 is 1.97 bits per heavy atom. The van der Waals surface area contributed by atoms with Crippen LogP contribution in [-0.4, -0.2) is 70.7 Å². The van der Waals surface area contributed by atoms with Crippen LogP contribution in [0, 0.1) is 0 Å². The van der Waals surface area contributed by atoms with Crippen LogP contribution in [0.2, 0.25) is 0 Å². The number of carbonyl (C=O) groups excluding carboxylic acids is 1. The molecule has 0 unspecified atom stereocenters. The number of rotatable bonds is 8. The van der Waals surface area contributed by atoms with Gasteiger partial charge in [0.2, 0.25) is 11.7 Å². The van der Waals surface area contributed by atoms with Crippen molar-refractivity contribution < 1.29 is 18.8 Å². The lowest BCUT2D eigenvalue weighted by molar-refractivity contribution is 0.0748. The quantitative estimate of drug-likeness (QED) is 0.502. The highest BCUT2D eigenvalue weighted by Crippen LogP contribution is 2.32. The number of pyridine rings is 1. The van der Waals surface area contributed by atoms with E-state index in [1.54, 1.807) is 19.4 Å². The molecule has 0 radical (unpaired) electrons. The number of aromatic nitrogens is 3. The number of hydrogen-bond donors (Lipinski definition) is 0. The number of benzene rings is 1. The smallest absolute Gasteiger partial charge is 0.254 e. The number of methoxy groups -OCH3 is 1. The molecule has 178 valence electrons. The predicted molar refractivity (Wildman–Crippen MR) is 125 cm³/mol. The van der Waals surface area contributed by atoms with Crippen LogP contribution < -0.4 is 9.47 Å². The highest BCUT2D eigenvalue weighted by Gasteiger charge is 2.29. The fourth-order valence-corrected chi connectivity index (χ4v) is 4.64. The Labute approximate surface area is 198 Å². The summed E-state index contributed by atoms with van der Waals surface area (Å²) in [5, 5.41) is 4.15. The Kier molecular flexibility index (Phi) is 6.44. The van der Waals surface area contributed by atoms with E-state index in [0.29, 0.717) is 42.1 Å². The van der Waals surface area contributed by atoms with Gasteiger partial charge in [-0.15, -0.1) is 0 Å². The fraction of sp³-hybridized carbons (Fsp3) is 0.440. The highest BCUT2D eigenvalue weighted by atomic mass is 16.5. The largest absolute Gasteiger partial charge is 0.493 e. The van der Waals surface area contributed by atoms with Gasteiger partial charge in [-0.2, -0.15) is 4.98 Å². The predicted octanol–water partition coefficient (Wildman–Crippen LogP) is 3.37. The molecule has 4 heterocycles. The molecule has 0 atom stereocenters. The van der Waals surface area contributed by atoms with Gasteiger partial charge in [-0.05, 0) is 44.5 Å². The van der Waals surface area contributed by atoms with Crippen molar-refractivity contribution in [3.63, 3.8) is 0 Å². The average Bonchev–Trinajstić information content (AvgIpc) is 3.49. The number of nitrogens with zero attached hydrogens (tertiary/aromatic N) is 5. The summed E-state index contributed by atoms with van der Waals surface area (Å²) < 4.78 is 16.5. The number of likely N-dealkylation sites (tertiary alicyclic amines) is 1. The maximum absolute atomic E-state index is 12.6. The minimum absolute atomic E-state index is 0.142. The van der Waals surface area contributed by atoms with Crippen LogP contribution >= 0.6 is 0 Å². The minimum atomic E-state index is 0.142. The Morgan fingerprint density at radius 1 is 1.15 bits per heavy atom. The summed E-state index contributed by atoms with van der Waals surface area (Å²) in [6, 6.07) is 9.64. The number of hydrogen-bond acceptors (Lipinski definition) is 8. The summed E-state index contributed by atoms with van der Waals surface area (Å²) >= 11 is 0. The third kappa shape index (κ3) is 4.48. The number of amides is 1. The second kappa shape index (κ2) is 9.80. The topological polar surface area (TPSA) is 93.8 Å². The fourth-order valence-electron chi connectivity index (χ4n) is 4.64. The van der Waals surface area contributed by atoms with E-state index in [-0.39, 0.29) is 11.8 Å². The lowest BCUT2D eigenvalue weighted by Crippen LogP contribution is -2.39. The van der Waals surface area contributed by atoms with Crippen LogP contribution in [0.25, 0.3) is 11.5 Å². The number of carbonyl (C=O) groups is 1. The number of fused-ring (bicyclic) bond motifs is 1. The van der Waals surface area contributed by atoms with E-state index in [9.17, 15) is 4.79 Å². The molecule has 1 amide bonds. The molecule has 0 bridgehead atoms. The molecule has 0 N–H and O–H groups in total. The monoisotopic (exact) mass is 463 g/mol. The zero-order valence-electron chi connectivity index (χ0n) is 19.6. The van der Waals surface area contributed by atoms with Gasteiger partial charge in [0.1, 0.15) is 5.69 Å². The molecule has 1 fully saturated rings. The molecule has 0 spiro atoms. The van der Waals surface area contributed by atoms with Crippen LogP contribution in [0.1, 0.15) is 47.5 Å². The molecule has 2 aliphatic rings. The standard InChI is InChI=1S/C25H29N5O4/c1-3-33-22-15-26-20(14-21(22)32-2)23-27-24(34-28-23)17-8-10-29(11-9-17)12-13-30-16-18-6-4-5-7-19(18)25(30)31/h4-7,14-15,17H,3,8-13,16H2,1-2H3. The molecule has 0 saturated carbocycles. The normalized spacial score (nSPS) is 16.6. The highest BCUT2D eigenvalue weighted by molar-refractivity contribution is 5.98. The van der Waals surface area contributed by atoms with Gasteiger partial charge in [0, 0.05) is 37.2 Å². The molecule has 0 aliphatic carbocycles. The van der Waals surface area contributed by atoms with Crippen LogP contribution in [0.15, 0.2) is 41.1 Å². The first kappa shape index (κ1) is 22.3. The van der Waals surface area contributed by atoms with E-state index in [0.717, 1.165) is 50.1 Å². The zero-order chi connectivity index (χ0) is 23.5. The molecular formula is C25H29N5O4. The van der Waals surface area contributed by atoms with Crippen molar-refractivity contribution in [3.05, 3.63) is 53.5 Å². The Balaban J connectivity index is 1.15. The summed E-state index contributed by atoms with van der Waals surface area (Å²) in [6.07, 6.45) is 3.50. The van der Waals surface area contributed by atoms with Crippen molar-refractivity contribution in [2.75, 3.05) is 39.9 Å². The van der Waals surface area contributed by atoms with E-state index in [1.807, 2.05) is 36.1 Å². The first-order valence-electron chi connectivity index (χ1n) is 11.8. The van der Waals surface area contributed by atoms with Crippen molar-refractivity contribution in [2.45, 2.75) is 32.2 Å². The summed E-state index contributed by atoms with van der Waals surface area (Å²) in [5.41, 5.74) is 2.55.